The van der Waals surface area contributed by atoms with Gasteiger partial charge in [-0.25, -0.2) is 13.8 Å². The second kappa shape index (κ2) is 10.4. The third kappa shape index (κ3) is 6.62. The smallest absolute Gasteiger partial charge is 0.271 e. The molecule has 36 heavy (non-hydrogen) atoms. The molecule has 3 aromatic carbocycles. The van der Waals surface area contributed by atoms with E-state index in [0.29, 0.717) is 10.4 Å². The van der Waals surface area contributed by atoms with Crippen molar-refractivity contribution >= 4 is 27.8 Å². The third-order valence-electron chi connectivity index (χ3n) is 4.70. The van der Waals surface area contributed by atoms with Crippen molar-refractivity contribution in [2.24, 2.45) is 5.10 Å². The number of amides is 1. The van der Waals surface area contributed by atoms with Crippen molar-refractivity contribution < 1.29 is 39.6 Å². The number of hydrogen-bond acceptors (Lipinski definition) is 4. The molecule has 0 radical (unpaired) electrons. The second-order valence-electron chi connectivity index (χ2n) is 7.29. The predicted octanol–water partition coefficient (Wildman–Crippen LogP) is 5.07. The first-order valence-corrected chi connectivity index (χ1v) is 11.5. The topological polar surface area (TPSA) is 78.8 Å². The SMILES string of the molecule is O=C(CN(c1cccc(C(F)(F)F)c1)S(=O)(=O)c1ccccc1)N/N=C/c1cccc(C(F)(F)F)c1. The van der Waals surface area contributed by atoms with Crippen LogP contribution in [0.5, 0.6) is 0 Å². The highest BCUT2D eigenvalue weighted by molar-refractivity contribution is 7.92. The molecule has 1 N–H and O–H groups in total. The minimum atomic E-state index is -4.77. The first-order chi connectivity index (χ1) is 16.8. The van der Waals surface area contributed by atoms with Gasteiger partial charge in [0.2, 0.25) is 0 Å². The number of alkyl halides is 6. The van der Waals surface area contributed by atoms with E-state index < -0.39 is 51.6 Å². The second-order valence-corrected chi connectivity index (χ2v) is 9.15. The molecule has 0 aromatic heterocycles. The number of carbonyl (C=O) groups is 1. The molecule has 0 aliphatic rings. The number of nitrogens with one attached hydrogen (secondary N) is 1. The molecule has 13 heteroatoms. The molecule has 0 fully saturated rings. The molecular formula is C23H17F6N3O3S. The van der Waals surface area contributed by atoms with E-state index in [1.165, 1.54) is 36.4 Å². The molecule has 0 unspecified atom stereocenters. The van der Waals surface area contributed by atoms with Crippen LogP contribution in [0.2, 0.25) is 0 Å². The molecule has 0 saturated heterocycles. The molecule has 0 aliphatic heterocycles. The molecule has 0 heterocycles. The minimum absolute atomic E-state index is 0.00299. The summed E-state index contributed by atoms with van der Waals surface area (Å²) in [5, 5.41) is 3.53. The van der Waals surface area contributed by atoms with Crippen molar-refractivity contribution in [3.63, 3.8) is 0 Å². The Morgan fingerprint density at radius 3 is 2.03 bits per heavy atom. The zero-order valence-electron chi connectivity index (χ0n) is 18.1. The highest BCUT2D eigenvalue weighted by atomic mass is 32.2. The van der Waals surface area contributed by atoms with E-state index in [9.17, 15) is 39.6 Å². The average molecular weight is 529 g/mol. The molecule has 0 atom stereocenters. The number of rotatable bonds is 7. The Morgan fingerprint density at radius 2 is 1.42 bits per heavy atom. The van der Waals surface area contributed by atoms with E-state index in [1.807, 2.05) is 5.43 Å². The monoisotopic (exact) mass is 529 g/mol. The summed E-state index contributed by atoms with van der Waals surface area (Å²) in [4.78, 5) is 12.2. The van der Waals surface area contributed by atoms with E-state index in [4.69, 9.17) is 0 Å². The van der Waals surface area contributed by atoms with Crippen LogP contribution in [0.4, 0.5) is 32.0 Å². The normalized spacial score (nSPS) is 12.5. The highest BCUT2D eigenvalue weighted by Gasteiger charge is 2.33. The molecule has 3 aromatic rings. The van der Waals surface area contributed by atoms with Crippen LogP contribution in [0.15, 0.2) is 88.9 Å². The van der Waals surface area contributed by atoms with Gasteiger partial charge in [-0.2, -0.15) is 31.4 Å². The van der Waals surface area contributed by atoms with Gasteiger partial charge in [-0.05, 0) is 48.0 Å². The van der Waals surface area contributed by atoms with Gasteiger partial charge in [0, 0.05) is 0 Å². The molecule has 190 valence electrons. The molecule has 6 nitrogen and oxygen atoms in total. The first-order valence-electron chi connectivity index (χ1n) is 10.0. The van der Waals surface area contributed by atoms with E-state index >= 15 is 0 Å². The Bertz CT molecular complexity index is 1360. The number of sulfonamides is 1. The fourth-order valence-electron chi connectivity index (χ4n) is 3.01. The Morgan fingerprint density at radius 1 is 0.833 bits per heavy atom. The van der Waals surface area contributed by atoms with E-state index in [1.54, 1.807) is 0 Å². The van der Waals surface area contributed by atoms with E-state index in [0.717, 1.165) is 42.6 Å². The Kier molecular flexibility index (Phi) is 7.72. The van der Waals surface area contributed by atoms with Crippen LogP contribution in [0.25, 0.3) is 0 Å². The van der Waals surface area contributed by atoms with Crippen LogP contribution < -0.4 is 9.73 Å². The summed E-state index contributed by atoms with van der Waals surface area (Å²) >= 11 is 0. The van der Waals surface area contributed by atoms with Crippen LogP contribution in [0, 0.1) is 0 Å². The molecule has 0 bridgehead atoms. The lowest BCUT2D eigenvalue weighted by molar-refractivity contribution is -0.138. The van der Waals surface area contributed by atoms with E-state index in [2.05, 4.69) is 5.10 Å². The summed E-state index contributed by atoms with van der Waals surface area (Å²) in [6, 6.07) is 14.2. The van der Waals surface area contributed by atoms with Crippen molar-refractivity contribution in [3.05, 3.63) is 95.6 Å². The van der Waals surface area contributed by atoms with Gasteiger partial charge >= 0.3 is 12.4 Å². The van der Waals surface area contributed by atoms with Crippen molar-refractivity contribution in [2.75, 3.05) is 10.8 Å². The van der Waals surface area contributed by atoms with Gasteiger partial charge in [0.1, 0.15) is 6.54 Å². The molecule has 0 spiro atoms. The summed E-state index contributed by atoms with van der Waals surface area (Å²) < 4.78 is 105. The van der Waals surface area contributed by atoms with Crippen LogP contribution in [-0.4, -0.2) is 27.1 Å². The van der Waals surface area contributed by atoms with Crippen molar-refractivity contribution in [2.45, 2.75) is 17.2 Å². The zero-order valence-corrected chi connectivity index (χ0v) is 18.9. The lowest BCUT2D eigenvalue weighted by atomic mass is 10.1. The van der Waals surface area contributed by atoms with Crippen LogP contribution >= 0.6 is 0 Å². The Hall–Kier alpha value is -3.87. The molecule has 3 rings (SSSR count). The maximum absolute atomic E-state index is 13.2. The number of anilines is 1. The minimum Gasteiger partial charge on any atom is -0.271 e. The fourth-order valence-corrected chi connectivity index (χ4v) is 4.45. The highest BCUT2D eigenvalue weighted by Crippen LogP contribution is 2.33. The van der Waals surface area contributed by atoms with Crippen molar-refractivity contribution in [3.8, 4) is 0 Å². The lowest BCUT2D eigenvalue weighted by Crippen LogP contribution is -2.39. The Balaban J connectivity index is 1.87. The number of benzene rings is 3. The van der Waals surface area contributed by atoms with Crippen molar-refractivity contribution in [1.82, 2.24) is 5.43 Å². The van der Waals surface area contributed by atoms with Gasteiger partial charge in [0.15, 0.2) is 0 Å². The van der Waals surface area contributed by atoms with Gasteiger partial charge in [-0.15, -0.1) is 0 Å². The summed E-state index contributed by atoms with van der Waals surface area (Å²) in [5.74, 6) is -1.05. The largest absolute Gasteiger partial charge is 0.416 e. The zero-order chi connectivity index (χ0) is 26.6. The molecule has 0 aliphatic carbocycles. The lowest BCUT2D eigenvalue weighted by Gasteiger charge is -2.24. The summed E-state index contributed by atoms with van der Waals surface area (Å²) in [5.41, 5.74) is -0.520. The predicted molar refractivity (Wildman–Crippen MR) is 120 cm³/mol. The first kappa shape index (κ1) is 26.7. The Labute approximate surface area is 201 Å². The number of nitrogens with zero attached hydrogens (tertiary/aromatic N) is 2. The summed E-state index contributed by atoms with van der Waals surface area (Å²) in [6.45, 7) is -0.960. The van der Waals surface area contributed by atoms with Gasteiger partial charge in [-0.1, -0.05) is 36.4 Å². The average Bonchev–Trinajstić information content (AvgIpc) is 2.82. The van der Waals surface area contributed by atoms with Gasteiger partial charge in [0.05, 0.1) is 27.9 Å². The van der Waals surface area contributed by atoms with Crippen molar-refractivity contribution in [1.29, 1.82) is 0 Å². The van der Waals surface area contributed by atoms with Gasteiger partial charge < -0.3 is 0 Å². The maximum Gasteiger partial charge on any atom is 0.416 e. The molecule has 1 amide bonds. The van der Waals surface area contributed by atoms with Crippen LogP contribution in [-0.2, 0) is 27.2 Å². The molecule has 0 saturated carbocycles. The number of hydrazone groups is 1. The van der Waals surface area contributed by atoms with Crippen LogP contribution in [0.3, 0.4) is 0 Å². The van der Waals surface area contributed by atoms with Crippen LogP contribution in [0.1, 0.15) is 16.7 Å². The summed E-state index contributed by atoms with van der Waals surface area (Å²) in [7, 11) is -4.48. The maximum atomic E-state index is 13.2. The number of hydrogen-bond donors (Lipinski definition) is 1. The fraction of sp³-hybridized carbons (Fsp3) is 0.130. The van der Waals surface area contributed by atoms with Gasteiger partial charge in [0.25, 0.3) is 15.9 Å². The standard InChI is InChI=1S/C23H17F6N3O3S/c24-22(25,26)17-7-4-6-16(12-17)14-30-31-21(33)15-32(36(34,35)20-10-2-1-3-11-20)19-9-5-8-18(13-19)23(27,28)29/h1-14H,15H2,(H,31,33)/b30-14+. The van der Waals surface area contributed by atoms with Gasteiger partial charge in [-0.3, -0.25) is 9.10 Å². The molecular weight excluding hydrogens is 512 g/mol. The number of halogens is 6. The number of carbonyl (C=O) groups excluding carboxylic acids is 1. The third-order valence-corrected chi connectivity index (χ3v) is 6.48. The quantitative estimate of drug-likeness (QED) is 0.264. The summed E-state index contributed by atoms with van der Waals surface area (Å²) in [6.07, 6.45) is -8.45. The van der Waals surface area contributed by atoms with E-state index in [-0.39, 0.29) is 10.5 Å².